The van der Waals surface area contributed by atoms with Crippen LogP contribution in [0.4, 0.5) is 5.82 Å². The van der Waals surface area contributed by atoms with E-state index in [9.17, 15) is 4.79 Å². The Hall–Kier alpha value is -2.01. The molecule has 0 aliphatic rings. The third-order valence-corrected chi connectivity index (χ3v) is 2.96. The monoisotopic (exact) mass is 295 g/mol. The normalized spacial score (nSPS) is 9.90. The fourth-order valence-electron chi connectivity index (χ4n) is 1.92. The van der Waals surface area contributed by atoms with Gasteiger partial charge in [0.1, 0.15) is 0 Å². The molecule has 0 saturated heterocycles. The Morgan fingerprint density at radius 3 is 2.70 bits per heavy atom. The molecule has 0 saturated carbocycles. The number of carbonyl (C=O) groups is 1. The average molecular weight is 296 g/mol. The molecule has 0 atom stereocenters. The van der Waals surface area contributed by atoms with Crippen LogP contribution in [-0.2, 0) is 13.1 Å². The summed E-state index contributed by atoms with van der Waals surface area (Å²) in [5.74, 6) is -0.116. The van der Waals surface area contributed by atoms with E-state index in [1.165, 1.54) is 0 Å². The van der Waals surface area contributed by atoms with E-state index >= 15 is 0 Å². The van der Waals surface area contributed by atoms with Crippen LogP contribution in [0.15, 0.2) is 30.5 Å². The SMILES string of the molecule is CCn1cc(C)c(NCc2ccccc2C(=O)O)n1.Cl. The van der Waals surface area contributed by atoms with E-state index in [0.29, 0.717) is 12.1 Å². The van der Waals surface area contributed by atoms with E-state index in [1.54, 1.807) is 12.1 Å². The minimum Gasteiger partial charge on any atom is -0.478 e. The summed E-state index contributed by atoms with van der Waals surface area (Å²) in [6.07, 6.45) is 1.96. The van der Waals surface area contributed by atoms with Crippen molar-refractivity contribution in [3.05, 3.63) is 47.2 Å². The van der Waals surface area contributed by atoms with Crippen LogP contribution in [0.3, 0.4) is 0 Å². The van der Waals surface area contributed by atoms with E-state index in [1.807, 2.05) is 36.9 Å². The lowest BCUT2D eigenvalue weighted by Crippen LogP contribution is -2.08. The zero-order valence-corrected chi connectivity index (χ0v) is 12.3. The zero-order chi connectivity index (χ0) is 13.8. The first-order valence-electron chi connectivity index (χ1n) is 6.21. The second-order valence-electron chi connectivity index (χ2n) is 4.33. The third-order valence-electron chi connectivity index (χ3n) is 2.96. The highest BCUT2D eigenvalue weighted by Crippen LogP contribution is 2.15. The lowest BCUT2D eigenvalue weighted by molar-refractivity contribution is 0.0696. The van der Waals surface area contributed by atoms with E-state index in [2.05, 4.69) is 10.4 Å². The van der Waals surface area contributed by atoms with Crippen LogP contribution < -0.4 is 5.32 Å². The van der Waals surface area contributed by atoms with Gasteiger partial charge in [0.25, 0.3) is 0 Å². The summed E-state index contributed by atoms with van der Waals surface area (Å²) in [6.45, 7) is 5.26. The summed E-state index contributed by atoms with van der Waals surface area (Å²) >= 11 is 0. The fraction of sp³-hybridized carbons (Fsp3) is 0.286. The number of benzene rings is 1. The predicted molar refractivity (Wildman–Crippen MR) is 80.6 cm³/mol. The van der Waals surface area contributed by atoms with E-state index in [-0.39, 0.29) is 12.4 Å². The molecule has 0 fully saturated rings. The van der Waals surface area contributed by atoms with Crippen molar-refractivity contribution >= 4 is 24.2 Å². The molecule has 20 heavy (non-hydrogen) atoms. The minimum absolute atomic E-state index is 0. The van der Waals surface area contributed by atoms with Crippen LogP contribution in [0.5, 0.6) is 0 Å². The highest BCUT2D eigenvalue weighted by Gasteiger charge is 2.10. The van der Waals surface area contributed by atoms with Crippen molar-refractivity contribution < 1.29 is 9.90 Å². The molecule has 5 nitrogen and oxygen atoms in total. The Morgan fingerprint density at radius 2 is 2.10 bits per heavy atom. The van der Waals surface area contributed by atoms with E-state index in [4.69, 9.17) is 5.11 Å². The Bertz CT molecular complexity index is 596. The molecule has 108 valence electrons. The second kappa shape index (κ2) is 6.96. The van der Waals surface area contributed by atoms with Gasteiger partial charge in [0.05, 0.1) is 5.56 Å². The van der Waals surface area contributed by atoms with Crippen molar-refractivity contribution in [3.8, 4) is 0 Å². The van der Waals surface area contributed by atoms with Gasteiger partial charge in [-0.3, -0.25) is 4.68 Å². The van der Waals surface area contributed by atoms with Gasteiger partial charge in [0, 0.05) is 24.8 Å². The van der Waals surface area contributed by atoms with Gasteiger partial charge in [0.2, 0.25) is 0 Å². The Kier molecular flexibility index (Phi) is 5.58. The molecule has 0 amide bonds. The molecule has 0 bridgehead atoms. The summed E-state index contributed by atoms with van der Waals surface area (Å²) in [4.78, 5) is 11.1. The highest BCUT2D eigenvalue weighted by atomic mass is 35.5. The molecule has 2 aromatic rings. The summed E-state index contributed by atoms with van der Waals surface area (Å²) in [7, 11) is 0. The number of nitrogens with one attached hydrogen (secondary N) is 1. The number of carboxylic acid groups (broad SMARTS) is 1. The van der Waals surface area contributed by atoms with Gasteiger partial charge in [0.15, 0.2) is 5.82 Å². The molecule has 0 aliphatic heterocycles. The summed E-state index contributed by atoms with van der Waals surface area (Å²) in [5.41, 5.74) is 2.12. The zero-order valence-electron chi connectivity index (χ0n) is 11.5. The number of aryl methyl sites for hydroxylation is 2. The van der Waals surface area contributed by atoms with E-state index in [0.717, 1.165) is 23.5 Å². The van der Waals surface area contributed by atoms with Gasteiger partial charge < -0.3 is 10.4 Å². The Morgan fingerprint density at radius 1 is 1.40 bits per heavy atom. The maximum atomic E-state index is 11.1. The highest BCUT2D eigenvalue weighted by molar-refractivity contribution is 5.89. The van der Waals surface area contributed by atoms with Crippen LogP contribution >= 0.6 is 12.4 Å². The van der Waals surface area contributed by atoms with E-state index < -0.39 is 5.97 Å². The van der Waals surface area contributed by atoms with Crippen LogP contribution in [0.2, 0.25) is 0 Å². The summed E-state index contributed by atoms with van der Waals surface area (Å²) in [5, 5.41) is 16.7. The number of hydrogen-bond donors (Lipinski definition) is 2. The molecular formula is C14H18ClN3O2. The van der Waals surface area contributed by atoms with Crippen molar-refractivity contribution in [1.29, 1.82) is 0 Å². The first-order chi connectivity index (χ1) is 9.11. The second-order valence-corrected chi connectivity index (χ2v) is 4.33. The standard InChI is InChI=1S/C14H17N3O2.ClH/c1-3-17-9-10(2)13(16-17)15-8-11-6-4-5-7-12(11)14(18)19;/h4-7,9H,3,8H2,1-2H3,(H,15,16)(H,18,19);1H. The third kappa shape index (κ3) is 3.51. The maximum absolute atomic E-state index is 11.1. The average Bonchev–Trinajstić information content (AvgIpc) is 2.77. The van der Waals surface area contributed by atoms with Crippen LogP contribution in [0.25, 0.3) is 0 Å². The van der Waals surface area contributed by atoms with Crippen molar-refractivity contribution in [2.75, 3.05) is 5.32 Å². The van der Waals surface area contributed by atoms with Gasteiger partial charge in [-0.25, -0.2) is 4.79 Å². The number of anilines is 1. The van der Waals surface area contributed by atoms with Gasteiger partial charge >= 0.3 is 5.97 Å². The first kappa shape index (κ1) is 16.0. The molecule has 6 heteroatoms. The largest absolute Gasteiger partial charge is 0.478 e. The van der Waals surface area contributed by atoms with Crippen LogP contribution in [0, 0.1) is 6.92 Å². The number of halogens is 1. The van der Waals surface area contributed by atoms with Gasteiger partial charge in [-0.05, 0) is 25.5 Å². The molecule has 0 radical (unpaired) electrons. The van der Waals surface area contributed by atoms with Crippen molar-refractivity contribution in [3.63, 3.8) is 0 Å². The molecule has 2 rings (SSSR count). The minimum atomic E-state index is -0.909. The molecule has 0 unspecified atom stereocenters. The van der Waals surface area contributed by atoms with Crippen LogP contribution in [-0.4, -0.2) is 20.9 Å². The number of rotatable bonds is 5. The molecule has 0 aliphatic carbocycles. The summed E-state index contributed by atoms with van der Waals surface area (Å²) in [6, 6.07) is 6.98. The first-order valence-corrected chi connectivity index (χ1v) is 6.21. The number of aromatic nitrogens is 2. The quantitative estimate of drug-likeness (QED) is 0.890. The van der Waals surface area contributed by atoms with Gasteiger partial charge in [-0.2, -0.15) is 5.10 Å². The van der Waals surface area contributed by atoms with Crippen LogP contribution in [0.1, 0.15) is 28.4 Å². The molecule has 0 spiro atoms. The number of nitrogens with zero attached hydrogens (tertiary/aromatic N) is 2. The number of aromatic carboxylic acids is 1. The number of hydrogen-bond acceptors (Lipinski definition) is 3. The van der Waals surface area contributed by atoms with Gasteiger partial charge in [-0.15, -0.1) is 12.4 Å². The van der Waals surface area contributed by atoms with Crippen molar-refractivity contribution in [2.24, 2.45) is 0 Å². The summed E-state index contributed by atoms with van der Waals surface area (Å²) < 4.78 is 1.85. The molecule has 1 heterocycles. The van der Waals surface area contributed by atoms with Crippen molar-refractivity contribution in [2.45, 2.75) is 26.9 Å². The van der Waals surface area contributed by atoms with Gasteiger partial charge in [-0.1, -0.05) is 18.2 Å². The lowest BCUT2D eigenvalue weighted by atomic mass is 10.1. The predicted octanol–water partition coefficient (Wildman–Crippen LogP) is 2.94. The molecule has 2 N–H and O–H groups in total. The Labute approximate surface area is 124 Å². The lowest BCUT2D eigenvalue weighted by Gasteiger charge is -2.07. The number of carboxylic acids is 1. The fourth-order valence-corrected chi connectivity index (χ4v) is 1.92. The molecule has 1 aromatic heterocycles. The smallest absolute Gasteiger partial charge is 0.336 e. The Balaban J connectivity index is 0.00000200. The molecule has 1 aromatic carbocycles. The topological polar surface area (TPSA) is 67.2 Å². The molecular weight excluding hydrogens is 278 g/mol. The van der Waals surface area contributed by atoms with Crippen molar-refractivity contribution in [1.82, 2.24) is 9.78 Å². The maximum Gasteiger partial charge on any atom is 0.336 e.